The molecule has 0 saturated heterocycles. The van der Waals surface area contributed by atoms with Crippen LogP contribution in [-0.4, -0.2) is 16.7 Å². The highest BCUT2D eigenvalue weighted by atomic mass is 79.9. The fraction of sp³-hybridized carbons (Fsp3) is 0.375. The molecule has 0 amide bonds. The first kappa shape index (κ1) is 8.01. The SMILES string of the molecule is CC1(O)COc2ccc(Br)nc21. The van der Waals surface area contributed by atoms with Crippen LogP contribution in [0.3, 0.4) is 0 Å². The molecule has 0 bridgehead atoms. The number of rotatable bonds is 0. The van der Waals surface area contributed by atoms with E-state index < -0.39 is 5.60 Å². The minimum Gasteiger partial charge on any atom is -0.488 e. The van der Waals surface area contributed by atoms with E-state index in [0.717, 1.165) is 0 Å². The maximum absolute atomic E-state index is 9.76. The van der Waals surface area contributed by atoms with Crippen LogP contribution in [0, 0.1) is 0 Å². The summed E-state index contributed by atoms with van der Waals surface area (Å²) in [5.74, 6) is 0.670. The largest absolute Gasteiger partial charge is 0.488 e. The highest BCUT2D eigenvalue weighted by Gasteiger charge is 2.35. The van der Waals surface area contributed by atoms with Gasteiger partial charge in [0, 0.05) is 0 Å². The van der Waals surface area contributed by atoms with Crippen molar-refractivity contribution >= 4 is 15.9 Å². The van der Waals surface area contributed by atoms with Crippen molar-refractivity contribution in [1.82, 2.24) is 4.98 Å². The van der Waals surface area contributed by atoms with Crippen molar-refractivity contribution in [3.05, 3.63) is 22.4 Å². The molecule has 0 aliphatic carbocycles. The van der Waals surface area contributed by atoms with Crippen LogP contribution in [0.4, 0.5) is 0 Å². The predicted molar refractivity (Wildman–Crippen MR) is 47.0 cm³/mol. The summed E-state index contributed by atoms with van der Waals surface area (Å²) < 4.78 is 5.95. The van der Waals surface area contributed by atoms with Gasteiger partial charge in [0.25, 0.3) is 0 Å². The van der Waals surface area contributed by atoms with Crippen LogP contribution in [0.25, 0.3) is 0 Å². The average molecular weight is 230 g/mol. The molecule has 64 valence electrons. The second-order valence-corrected chi connectivity index (χ2v) is 3.86. The van der Waals surface area contributed by atoms with E-state index in [2.05, 4.69) is 20.9 Å². The van der Waals surface area contributed by atoms with Gasteiger partial charge in [0.1, 0.15) is 28.3 Å². The minimum absolute atomic E-state index is 0.284. The van der Waals surface area contributed by atoms with Crippen LogP contribution in [0.2, 0.25) is 0 Å². The van der Waals surface area contributed by atoms with E-state index in [1.54, 1.807) is 19.1 Å². The maximum Gasteiger partial charge on any atom is 0.144 e. The monoisotopic (exact) mass is 229 g/mol. The second kappa shape index (κ2) is 2.44. The van der Waals surface area contributed by atoms with Crippen molar-refractivity contribution in [1.29, 1.82) is 0 Å². The number of halogens is 1. The number of hydrogen-bond acceptors (Lipinski definition) is 3. The lowest BCUT2D eigenvalue weighted by molar-refractivity contribution is 0.0320. The van der Waals surface area contributed by atoms with Gasteiger partial charge in [-0.25, -0.2) is 4.98 Å². The molecule has 0 radical (unpaired) electrons. The van der Waals surface area contributed by atoms with E-state index in [-0.39, 0.29) is 6.61 Å². The highest BCUT2D eigenvalue weighted by Crippen LogP contribution is 2.35. The average Bonchev–Trinajstić information content (AvgIpc) is 2.28. The molecule has 2 rings (SSSR count). The van der Waals surface area contributed by atoms with Gasteiger partial charge < -0.3 is 9.84 Å². The molecule has 3 nitrogen and oxygen atoms in total. The lowest BCUT2D eigenvalue weighted by Gasteiger charge is -2.12. The smallest absolute Gasteiger partial charge is 0.144 e. The van der Waals surface area contributed by atoms with E-state index in [1.165, 1.54) is 0 Å². The van der Waals surface area contributed by atoms with Crippen molar-refractivity contribution in [3.63, 3.8) is 0 Å². The number of aromatic nitrogens is 1. The number of ether oxygens (including phenoxy) is 1. The Morgan fingerprint density at radius 2 is 2.42 bits per heavy atom. The zero-order chi connectivity index (χ0) is 8.77. The Hall–Kier alpha value is -0.610. The molecule has 0 saturated carbocycles. The Kier molecular flexibility index (Phi) is 1.63. The maximum atomic E-state index is 9.76. The third-order valence-electron chi connectivity index (χ3n) is 1.84. The zero-order valence-corrected chi connectivity index (χ0v) is 8.13. The summed E-state index contributed by atoms with van der Waals surface area (Å²) in [6.45, 7) is 1.98. The van der Waals surface area contributed by atoms with Crippen LogP contribution in [0.1, 0.15) is 12.6 Å². The van der Waals surface area contributed by atoms with Crippen molar-refractivity contribution < 1.29 is 9.84 Å². The third kappa shape index (κ3) is 1.11. The molecule has 0 spiro atoms. The normalized spacial score (nSPS) is 26.6. The first-order valence-electron chi connectivity index (χ1n) is 3.62. The summed E-state index contributed by atoms with van der Waals surface area (Å²) in [5.41, 5.74) is -0.337. The second-order valence-electron chi connectivity index (χ2n) is 3.04. The fourth-order valence-corrected chi connectivity index (χ4v) is 1.52. The molecule has 1 N–H and O–H groups in total. The molecule has 1 aromatic rings. The van der Waals surface area contributed by atoms with E-state index in [0.29, 0.717) is 16.0 Å². The summed E-state index contributed by atoms with van der Waals surface area (Å²) in [4.78, 5) is 4.15. The summed E-state index contributed by atoms with van der Waals surface area (Å²) in [6.07, 6.45) is 0. The molecule has 1 atom stereocenters. The number of hydrogen-bond donors (Lipinski definition) is 1. The number of pyridine rings is 1. The van der Waals surface area contributed by atoms with Crippen LogP contribution in [0.5, 0.6) is 5.75 Å². The Morgan fingerprint density at radius 1 is 1.67 bits per heavy atom. The van der Waals surface area contributed by atoms with Crippen molar-refractivity contribution in [2.24, 2.45) is 0 Å². The zero-order valence-electron chi connectivity index (χ0n) is 6.54. The van der Waals surface area contributed by atoms with Crippen LogP contribution >= 0.6 is 15.9 Å². The van der Waals surface area contributed by atoms with Crippen molar-refractivity contribution in [2.45, 2.75) is 12.5 Å². The topological polar surface area (TPSA) is 42.4 Å². The molecule has 1 aromatic heterocycles. The molecular formula is C8H8BrNO2. The molecule has 4 heteroatoms. The van der Waals surface area contributed by atoms with E-state index in [4.69, 9.17) is 4.74 Å². The van der Waals surface area contributed by atoms with Gasteiger partial charge in [0.15, 0.2) is 0 Å². The Balaban J connectivity index is 2.57. The van der Waals surface area contributed by atoms with Crippen LogP contribution in [-0.2, 0) is 5.60 Å². The van der Waals surface area contributed by atoms with Crippen LogP contribution < -0.4 is 4.74 Å². The summed E-state index contributed by atoms with van der Waals surface area (Å²) in [5, 5.41) is 9.76. The molecule has 1 aliphatic heterocycles. The first-order valence-corrected chi connectivity index (χ1v) is 4.41. The van der Waals surface area contributed by atoms with Gasteiger partial charge in [0.05, 0.1) is 0 Å². The lowest BCUT2D eigenvalue weighted by Crippen LogP contribution is -2.23. The van der Waals surface area contributed by atoms with Gasteiger partial charge >= 0.3 is 0 Å². The van der Waals surface area contributed by atoms with Crippen molar-refractivity contribution in [3.8, 4) is 5.75 Å². The van der Waals surface area contributed by atoms with E-state index in [9.17, 15) is 5.11 Å². The summed E-state index contributed by atoms with van der Waals surface area (Å²) in [6, 6.07) is 3.59. The summed E-state index contributed by atoms with van der Waals surface area (Å²) in [7, 11) is 0. The lowest BCUT2D eigenvalue weighted by atomic mass is 10.1. The standard InChI is InChI=1S/C8H8BrNO2/c1-8(11)4-12-5-2-3-6(9)10-7(5)8/h2-3,11H,4H2,1H3. The van der Waals surface area contributed by atoms with E-state index >= 15 is 0 Å². The molecule has 2 heterocycles. The molecule has 0 aromatic carbocycles. The number of fused-ring (bicyclic) bond motifs is 1. The van der Waals surface area contributed by atoms with Gasteiger partial charge in [-0.15, -0.1) is 0 Å². The predicted octanol–water partition coefficient (Wildman–Crippen LogP) is 1.44. The molecule has 1 aliphatic rings. The van der Waals surface area contributed by atoms with Gasteiger partial charge in [0.2, 0.25) is 0 Å². The van der Waals surface area contributed by atoms with Gasteiger partial charge in [-0.1, -0.05) is 0 Å². The molecular weight excluding hydrogens is 222 g/mol. The quantitative estimate of drug-likeness (QED) is 0.686. The Morgan fingerprint density at radius 3 is 3.17 bits per heavy atom. The molecule has 0 fully saturated rings. The fourth-order valence-electron chi connectivity index (χ4n) is 1.21. The van der Waals surface area contributed by atoms with Crippen molar-refractivity contribution in [2.75, 3.05) is 6.61 Å². The summed E-state index contributed by atoms with van der Waals surface area (Å²) >= 11 is 3.24. The Labute approximate surface area is 78.5 Å². The number of aliphatic hydroxyl groups is 1. The molecule has 12 heavy (non-hydrogen) atoms. The van der Waals surface area contributed by atoms with E-state index in [1.807, 2.05) is 0 Å². The third-order valence-corrected chi connectivity index (χ3v) is 2.28. The molecule has 1 unspecified atom stereocenters. The first-order chi connectivity index (χ1) is 5.59. The number of nitrogens with zero attached hydrogens (tertiary/aromatic N) is 1. The van der Waals surface area contributed by atoms with Gasteiger partial charge in [-0.2, -0.15) is 0 Å². The van der Waals surface area contributed by atoms with Gasteiger partial charge in [-0.05, 0) is 35.0 Å². The van der Waals surface area contributed by atoms with Gasteiger partial charge in [-0.3, -0.25) is 0 Å². The Bertz CT molecular complexity index is 325. The highest BCUT2D eigenvalue weighted by molar-refractivity contribution is 9.10. The van der Waals surface area contributed by atoms with Crippen LogP contribution in [0.15, 0.2) is 16.7 Å². The minimum atomic E-state index is -0.945.